The lowest BCUT2D eigenvalue weighted by atomic mass is 10.2. The molecule has 0 saturated heterocycles. The molecule has 2 aromatic heterocycles. The monoisotopic (exact) mass is 257 g/mol. The number of fused-ring (bicyclic) bond motifs is 1. The first kappa shape index (κ1) is 11.3. The Morgan fingerprint density at radius 2 is 1.79 bits per heavy atom. The van der Waals surface area contributed by atoms with E-state index in [1.807, 2.05) is 0 Å². The summed E-state index contributed by atoms with van der Waals surface area (Å²) in [5, 5.41) is 0. The molecule has 0 saturated carbocycles. The van der Waals surface area contributed by atoms with Gasteiger partial charge in [0.25, 0.3) is 5.56 Å². The summed E-state index contributed by atoms with van der Waals surface area (Å²) in [4.78, 5) is 24.1. The first-order chi connectivity index (χ1) is 9.16. The van der Waals surface area contributed by atoms with Crippen molar-refractivity contribution >= 4 is 11.2 Å². The highest BCUT2D eigenvalue weighted by atomic mass is 19.1. The summed E-state index contributed by atoms with van der Waals surface area (Å²) in [6, 6.07) is 5.51. The van der Waals surface area contributed by atoms with Crippen LogP contribution in [0.3, 0.4) is 0 Å². The van der Waals surface area contributed by atoms with Crippen LogP contribution in [-0.2, 0) is 0 Å². The Kier molecular flexibility index (Phi) is 2.45. The third kappa shape index (κ3) is 1.81. The van der Waals surface area contributed by atoms with Crippen molar-refractivity contribution in [3.8, 4) is 11.4 Å². The van der Waals surface area contributed by atoms with Gasteiger partial charge in [0.15, 0.2) is 17.0 Å². The van der Waals surface area contributed by atoms with E-state index >= 15 is 0 Å². The summed E-state index contributed by atoms with van der Waals surface area (Å²) in [6.45, 7) is 0. The van der Waals surface area contributed by atoms with Crippen LogP contribution in [-0.4, -0.2) is 19.6 Å². The minimum Gasteiger partial charge on any atom is -0.334 e. The van der Waals surface area contributed by atoms with E-state index in [-0.39, 0.29) is 22.8 Å². The highest BCUT2D eigenvalue weighted by molar-refractivity contribution is 5.71. The van der Waals surface area contributed by atoms with Crippen LogP contribution < -0.4 is 11.4 Å². The molecule has 3 rings (SSSR count). The summed E-state index contributed by atoms with van der Waals surface area (Å²) >= 11 is 0. The maximum absolute atomic E-state index is 12.9. The molecule has 0 aliphatic rings. The number of nitrogens with two attached hydrogens (primary N) is 1. The van der Waals surface area contributed by atoms with E-state index in [2.05, 4.69) is 15.0 Å². The van der Waals surface area contributed by atoms with Crippen LogP contribution in [0.25, 0.3) is 22.6 Å². The van der Waals surface area contributed by atoms with Gasteiger partial charge in [0, 0.05) is 18.0 Å². The lowest BCUT2D eigenvalue weighted by molar-refractivity contribution is 0.628. The molecular formula is C12H8FN5O. The van der Waals surface area contributed by atoms with Crippen LogP contribution in [0.15, 0.2) is 41.5 Å². The summed E-state index contributed by atoms with van der Waals surface area (Å²) in [6.07, 6.45) is 2.83. The maximum atomic E-state index is 12.9. The van der Waals surface area contributed by atoms with Crippen molar-refractivity contribution in [3.05, 3.63) is 52.8 Å². The summed E-state index contributed by atoms with van der Waals surface area (Å²) < 4.78 is 13.8. The van der Waals surface area contributed by atoms with Gasteiger partial charge in [-0.2, -0.15) is 0 Å². The van der Waals surface area contributed by atoms with E-state index in [1.165, 1.54) is 36.7 Å². The lowest BCUT2D eigenvalue weighted by Gasteiger charge is -2.07. The average Bonchev–Trinajstić information content (AvgIpc) is 2.44. The Hall–Kier alpha value is -2.83. The average molecular weight is 257 g/mol. The first-order valence-corrected chi connectivity index (χ1v) is 5.41. The van der Waals surface area contributed by atoms with Crippen molar-refractivity contribution in [3.63, 3.8) is 0 Å². The van der Waals surface area contributed by atoms with Gasteiger partial charge in [-0.15, -0.1) is 0 Å². The van der Waals surface area contributed by atoms with E-state index in [1.54, 1.807) is 0 Å². The van der Waals surface area contributed by atoms with Gasteiger partial charge in [0.05, 0.1) is 0 Å². The molecule has 0 aliphatic carbocycles. The van der Waals surface area contributed by atoms with Crippen LogP contribution in [0.4, 0.5) is 4.39 Å². The zero-order valence-electron chi connectivity index (χ0n) is 9.62. The van der Waals surface area contributed by atoms with Gasteiger partial charge in [0.1, 0.15) is 5.82 Å². The van der Waals surface area contributed by atoms with E-state index in [0.717, 1.165) is 4.68 Å². The number of halogens is 1. The molecule has 7 heteroatoms. The van der Waals surface area contributed by atoms with Crippen LogP contribution in [0.1, 0.15) is 0 Å². The van der Waals surface area contributed by atoms with Crippen molar-refractivity contribution in [1.82, 2.24) is 19.6 Å². The van der Waals surface area contributed by atoms with E-state index < -0.39 is 5.56 Å². The van der Waals surface area contributed by atoms with Crippen molar-refractivity contribution in [2.75, 3.05) is 5.84 Å². The van der Waals surface area contributed by atoms with Gasteiger partial charge in [-0.05, 0) is 24.3 Å². The fourth-order valence-electron chi connectivity index (χ4n) is 1.73. The zero-order valence-corrected chi connectivity index (χ0v) is 9.62. The number of hydrogen-bond acceptors (Lipinski definition) is 5. The van der Waals surface area contributed by atoms with Crippen LogP contribution in [0.5, 0.6) is 0 Å². The number of aromatic nitrogens is 4. The van der Waals surface area contributed by atoms with Crippen molar-refractivity contribution in [2.45, 2.75) is 0 Å². The summed E-state index contributed by atoms with van der Waals surface area (Å²) in [5.74, 6) is 5.53. The quantitative estimate of drug-likeness (QED) is 0.649. The third-order valence-electron chi connectivity index (χ3n) is 2.64. The van der Waals surface area contributed by atoms with E-state index in [0.29, 0.717) is 5.56 Å². The van der Waals surface area contributed by atoms with Crippen LogP contribution >= 0.6 is 0 Å². The van der Waals surface area contributed by atoms with Gasteiger partial charge in [-0.1, -0.05) is 0 Å². The Labute approximate surface area is 106 Å². The standard InChI is InChI=1S/C12H8FN5O/c13-8-3-1-7(2-4-8)11-17-10-9(12(19)18(11)14)15-5-6-16-10/h1-6H,14H2. The molecule has 2 heterocycles. The second-order valence-corrected chi connectivity index (χ2v) is 3.85. The summed E-state index contributed by atoms with van der Waals surface area (Å²) in [5.41, 5.74) is 0.315. The lowest BCUT2D eigenvalue weighted by Crippen LogP contribution is -2.30. The SMILES string of the molecule is Nn1c(-c2ccc(F)cc2)nc2nccnc2c1=O. The largest absolute Gasteiger partial charge is 0.334 e. The molecule has 0 spiro atoms. The van der Waals surface area contributed by atoms with Crippen LogP contribution in [0, 0.1) is 5.82 Å². The predicted molar refractivity (Wildman–Crippen MR) is 67.1 cm³/mol. The number of nitrogen functional groups attached to an aromatic ring is 1. The predicted octanol–water partition coefficient (Wildman–Crippen LogP) is 0.706. The number of rotatable bonds is 1. The smallest absolute Gasteiger partial charge is 0.300 e. The van der Waals surface area contributed by atoms with Gasteiger partial charge in [0.2, 0.25) is 0 Å². The van der Waals surface area contributed by atoms with Crippen molar-refractivity contribution < 1.29 is 4.39 Å². The minimum atomic E-state index is -0.502. The number of benzene rings is 1. The number of nitrogens with zero attached hydrogens (tertiary/aromatic N) is 4. The van der Waals surface area contributed by atoms with E-state index in [9.17, 15) is 9.18 Å². The van der Waals surface area contributed by atoms with Gasteiger partial charge in [-0.25, -0.2) is 24.0 Å². The Balaban J connectivity index is 2.33. The first-order valence-electron chi connectivity index (χ1n) is 5.41. The normalized spacial score (nSPS) is 10.8. The van der Waals surface area contributed by atoms with Crippen molar-refractivity contribution in [1.29, 1.82) is 0 Å². The Bertz CT molecular complexity index is 812. The molecule has 0 fully saturated rings. The highest BCUT2D eigenvalue weighted by Gasteiger charge is 2.12. The molecule has 19 heavy (non-hydrogen) atoms. The second-order valence-electron chi connectivity index (χ2n) is 3.85. The molecule has 0 bridgehead atoms. The van der Waals surface area contributed by atoms with Crippen molar-refractivity contribution in [2.24, 2.45) is 0 Å². The highest BCUT2D eigenvalue weighted by Crippen LogP contribution is 2.16. The molecule has 0 amide bonds. The molecule has 6 nitrogen and oxygen atoms in total. The molecule has 3 aromatic rings. The molecule has 2 N–H and O–H groups in total. The topological polar surface area (TPSA) is 86.7 Å². The molecular weight excluding hydrogens is 249 g/mol. The molecule has 0 atom stereocenters. The van der Waals surface area contributed by atoms with Gasteiger partial charge >= 0.3 is 0 Å². The third-order valence-corrected chi connectivity index (χ3v) is 2.64. The molecule has 0 radical (unpaired) electrons. The second kappa shape index (κ2) is 4.13. The van der Waals surface area contributed by atoms with Gasteiger partial charge in [-0.3, -0.25) is 4.79 Å². The van der Waals surface area contributed by atoms with Gasteiger partial charge < -0.3 is 5.84 Å². The zero-order chi connectivity index (χ0) is 13.4. The molecule has 94 valence electrons. The molecule has 1 aromatic carbocycles. The molecule has 0 unspecified atom stereocenters. The molecule has 0 aliphatic heterocycles. The Morgan fingerprint density at radius 1 is 1.11 bits per heavy atom. The Morgan fingerprint density at radius 3 is 2.53 bits per heavy atom. The van der Waals surface area contributed by atoms with E-state index in [4.69, 9.17) is 5.84 Å². The fraction of sp³-hybridized carbons (Fsp3) is 0. The maximum Gasteiger partial charge on any atom is 0.300 e. The number of hydrogen-bond donors (Lipinski definition) is 1. The summed E-state index contributed by atoms with van der Waals surface area (Å²) in [7, 11) is 0. The minimum absolute atomic E-state index is 0.0934. The van der Waals surface area contributed by atoms with Crippen LogP contribution in [0.2, 0.25) is 0 Å². The fourth-order valence-corrected chi connectivity index (χ4v) is 1.73.